The van der Waals surface area contributed by atoms with Gasteiger partial charge in [-0.1, -0.05) is 13.8 Å². The van der Waals surface area contributed by atoms with Crippen molar-refractivity contribution < 1.29 is 4.79 Å². The third-order valence-electron chi connectivity index (χ3n) is 1.05. The third-order valence-corrected chi connectivity index (χ3v) is 1.05. The van der Waals surface area contributed by atoms with Crippen molar-refractivity contribution in [3.05, 3.63) is 24.8 Å². The molecule has 12 heavy (non-hydrogen) atoms. The molecule has 4 nitrogen and oxygen atoms in total. The van der Waals surface area contributed by atoms with E-state index in [0.717, 1.165) is 0 Å². The number of carbonyl (C=O) groups excluding carboxylic acids is 1. The molecule has 4 heteroatoms. The molecule has 0 fully saturated rings. The summed E-state index contributed by atoms with van der Waals surface area (Å²) in [5.41, 5.74) is 4.80. The number of amides is 1. The molecule has 0 aliphatic rings. The molecule has 2 N–H and O–H groups in total. The summed E-state index contributed by atoms with van der Waals surface area (Å²) in [6.07, 6.45) is 4.88. The van der Waals surface area contributed by atoms with Crippen LogP contribution in [0.15, 0.2) is 24.8 Å². The highest BCUT2D eigenvalue weighted by Gasteiger charge is 1.96. The summed E-state index contributed by atoms with van der Waals surface area (Å²) >= 11 is 0. The van der Waals surface area contributed by atoms with E-state index >= 15 is 0 Å². The van der Waals surface area contributed by atoms with E-state index in [1.807, 2.05) is 0 Å². The van der Waals surface area contributed by atoms with Gasteiger partial charge >= 0.3 is 0 Å². The summed E-state index contributed by atoms with van der Waals surface area (Å²) in [5, 5.41) is 0. The number of rotatable bonds is 1. The van der Waals surface area contributed by atoms with E-state index in [9.17, 15) is 4.79 Å². The molecule has 0 saturated heterocycles. The zero-order valence-corrected chi connectivity index (χ0v) is 7.27. The maximum absolute atomic E-state index is 9.92. The molecule has 0 atom stereocenters. The summed E-state index contributed by atoms with van der Waals surface area (Å²) in [7, 11) is 0. The average molecular weight is 167 g/mol. The van der Waals surface area contributed by atoms with Crippen LogP contribution in [0.5, 0.6) is 0 Å². The predicted molar refractivity (Wildman–Crippen MR) is 46.1 cm³/mol. The van der Waals surface area contributed by atoms with Crippen LogP contribution in [0.2, 0.25) is 0 Å². The zero-order chi connectivity index (χ0) is 9.40. The van der Waals surface area contributed by atoms with Crippen molar-refractivity contribution in [3.63, 3.8) is 0 Å². The second kappa shape index (κ2) is 6.27. The van der Waals surface area contributed by atoms with Crippen molar-refractivity contribution in [1.82, 2.24) is 9.97 Å². The van der Waals surface area contributed by atoms with Gasteiger partial charge in [-0.2, -0.15) is 0 Å². The molecule has 1 amide bonds. The fourth-order valence-corrected chi connectivity index (χ4v) is 0.253. The van der Waals surface area contributed by atoms with Gasteiger partial charge < -0.3 is 5.73 Å². The van der Waals surface area contributed by atoms with Gasteiger partial charge in [0, 0.05) is 18.3 Å². The second-order valence-electron chi connectivity index (χ2n) is 2.46. The second-order valence-corrected chi connectivity index (χ2v) is 2.46. The van der Waals surface area contributed by atoms with Gasteiger partial charge in [0.15, 0.2) is 0 Å². The van der Waals surface area contributed by atoms with Crippen LogP contribution >= 0.6 is 0 Å². The first kappa shape index (κ1) is 10.6. The minimum atomic E-state index is -0.241. The van der Waals surface area contributed by atoms with E-state index in [1.54, 1.807) is 32.3 Å². The van der Waals surface area contributed by atoms with Crippen molar-refractivity contribution in [2.24, 2.45) is 11.7 Å². The van der Waals surface area contributed by atoms with Crippen LogP contribution in [0.3, 0.4) is 0 Å². The predicted octanol–water partition coefficient (Wildman–Crippen LogP) is 0.604. The van der Waals surface area contributed by atoms with Gasteiger partial charge in [0.1, 0.15) is 6.33 Å². The summed E-state index contributed by atoms with van der Waals surface area (Å²) < 4.78 is 0. The Kier molecular flexibility index (Phi) is 5.51. The molecule has 0 spiro atoms. The quantitative estimate of drug-likeness (QED) is 0.666. The lowest BCUT2D eigenvalue weighted by Crippen LogP contribution is -2.17. The molecule has 0 aliphatic heterocycles. The van der Waals surface area contributed by atoms with Crippen LogP contribution in [0, 0.1) is 5.92 Å². The summed E-state index contributed by atoms with van der Waals surface area (Å²) in [4.78, 5) is 17.3. The number of primary amides is 1. The molecule has 0 bridgehead atoms. The number of nitrogens with zero attached hydrogens (tertiary/aromatic N) is 2. The maximum Gasteiger partial charge on any atom is 0.219 e. The molecule has 0 saturated carbocycles. The summed E-state index contributed by atoms with van der Waals surface area (Å²) in [5.74, 6) is -0.250. The Morgan fingerprint density at radius 2 is 1.75 bits per heavy atom. The van der Waals surface area contributed by atoms with Crippen LogP contribution in [-0.2, 0) is 4.79 Å². The number of hydrogen-bond donors (Lipinski definition) is 1. The van der Waals surface area contributed by atoms with E-state index in [2.05, 4.69) is 9.97 Å². The largest absolute Gasteiger partial charge is 0.369 e. The molecule has 0 unspecified atom stereocenters. The normalized spacial score (nSPS) is 8.58. The Bertz CT molecular complexity index is 184. The van der Waals surface area contributed by atoms with Crippen LogP contribution in [0.25, 0.3) is 0 Å². The molecule has 1 aromatic rings. The highest BCUT2D eigenvalue weighted by molar-refractivity contribution is 5.75. The van der Waals surface area contributed by atoms with Crippen molar-refractivity contribution in [2.45, 2.75) is 13.8 Å². The summed E-state index contributed by atoms with van der Waals surface area (Å²) in [6.45, 7) is 3.53. The number of aromatic nitrogens is 2. The first-order chi connectivity index (χ1) is 5.64. The molecule has 1 heterocycles. The van der Waals surface area contributed by atoms with Crippen molar-refractivity contribution in [3.8, 4) is 0 Å². The minimum absolute atomic E-state index is 0.00926. The minimum Gasteiger partial charge on any atom is -0.369 e. The molecule has 1 aromatic heterocycles. The van der Waals surface area contributed by atoms with E-state index in [1.165, 1.54) is 6.33 Å². The highest BCUT2D eigenvalue weighted by atomic mass is 16.1. The van der Waals surface area contributed by atoms with Gasteiger partial charge in [0.2, 0.25) is 5.91 Å². The number of hydrogen-bond acceptors (Lipinski definition) is 3. The molecule has 0 aromatic carbocycles. The van der Waals surface area contributed by atoms with E-state index < -0.39 is 0 Å². The Morgan fingerprint density at radius 3 is 1.83 bits per heavy atom. The molecule has 66 valence electrons. The first-order valence-corrected chi connectivity index (χ1v) is 3.64. The van der Waals surface area contributed by atoms with Crippen LogP contribution in [0.4, 0.5) is 0 Å². The van der Waals surface area contributed by atoms with Crippen LogP contribution < -0.4 is 5.73 Å². The van der Waals surface area contributed by atoms with E-state index in [-0.39, 0.29) is 11.8 Å². The SMILES string of the molecule is CC(C)C(N)=O.c1cncnc1. The van der Waals surface area contributed by atoms with Crippen LogP contribution in [0.1, 0.15) is 13.8 Å². The number of nitrogens with two attached hydrogens (primary N) is 1. The van der Waals surface area contributed by atoms with Gasteiger partial charge in [-0.15, -0.1) is 0 Å². The number of carbonyl (C=O) groups is 1. The average Bonchev–Trinajstić information content (AvgIpc) is 2.08. The fourth-order valence-electron chi connectivity index (χ4n) is 0.253. The monoisotopic (exact) mass is 167 g/mol. The Morgan fingerprint density at radius 1 is 1.33 bits per heavy atom. The smallest absolute Gasteiger partial charge is 0.219 e. The maximum atomic E-state index is 9.92. The van der Waals surface area contributed by atoms with Gasteiger partial charge in [0.05, 0.1) is 0 Å². The van der Waals surface area contributed by atoms with Crippen LogP contribution in [-0.4, -0.2) is 15.9 Å². The van der Waals surface area contributed by atoms with Crippen molar-refractivity contribution >= 4 is 5.91 Å². The molecule has 0 radical (unpaired) electrons. The third kappa shape index (κ3) is 6.67. The van der Waals surface area contributed by atoms with Crippen molar-refractivity contribution in [1.29, 1.82) is 0 Å². The highest BCUT2D eigenvalue weighted by Crippen LogP contribution is 1.84. The summed E-state index contributed by atoms with van der Waals surface area (Å²) in [6, 6.07) is 1.78. The van der Waals surface area contributed by atoms with Gasteiger partial charge in [-0.05, 0) is 6.07 Å². The molecular weight excluding hydrogens is 154 g/mol. The van der Waals surface area contributed by atoms with Gasteiger partial charge in [0.25, 0.3) is 0 Å². The standard InChI is InChI=1S/C4H4N2.C4H9NO/c1-2-5-4-6-3-1;1-3(2)4(5)6/h1-4H;3H,1-2H3,(H2,5,6). The Balaban J connectivity index is 0.000000202. The molecule has 0 aliphatic carbocycles. The van der Waals surface area contributed by atoms with Gasteiger partial charge in [-0.3, -0.25) is 4.79 Å². The Hall–Kier alpha value is -1.45. The lowest BCUT2D eigenvalue weighted by atomic mass is 10.2. The molecule has 1 rings (SSSR count). The molecular formula is C8H13N3O. The zero-order valence-electron chi connectivity index (χ0n) is 7.27. The Labute approximate surface area is 71.8 Å². The lowest BCUT2D eigenvalue weighted by Gasteiger charge is -1.90. The lowest BCUT2D eigenvalue weighted by molar-refractivity contribution is -0.120. The van der Waals surface area contributed by atoms with E-state index in [4.69, 9.17) is 5.73 Å². The van der Waals surface area contributed by atoms with Gasteiger partial charge in [-0.25, -0.2) is 9.97 Å². The topological polar surface area (TPSA) is 68.9 Å². The van der Waals surface area contributed by atoms with Crippen molar-refractivity contribution in [2.75, 3.05) is 0 Å². The fraction of sp³-hybridized carbons (Fsp3) is 0.375. The first-order valence-electron chi connectivity index (χ1n) is 3.64. The van der Waals surface area contributed by atoms with E-state index in [0.29, 0.717) is 0 Å².